The van der Waals surface area contributed by atoms with E-state index in [9.17, 15) is 0 Å². The molecule has 0 aliphatic rings. The third-order valence-electron chi connectivity index (χ3n) is 1.84. The van der Waals surface area contributed by atoms with Gasteiger partial charge in [0, 0.05) is 18.2 Å². The predicted molar refractivity (Wildman–Crippen MR) is 55.2 cm³/mol. The Hall–Kier alpha value is -1.38. The van der Waals surface area contributed by atoms with Crippen molar-refractivity contribution in [1.82, 2.24) is 5.32 Å². The Balaban J connectivity index is 0.000000583. The summed E-state index contributed by atoms with van der Waals surface area (Å²) in [5.41, 5.74) is 1.27. The first-order valence-electron chi connectivity index (χ1n) is 4.79. The lowest BCUT2D eigenvalue weighted by Crippen LogP contribution is -2.21. The van der Waals surface area contributed by atoms with E-state index in [1.807, 2.05) is 13.8 Å². The average Bonchev–Trinajstić information content (AvgIpc) is 2.43. The van der Waals surface area contributed by atoms with Gasteiger partial charge in [-0.05, 0) is 19.9 Å². The van der Waals surface area contributed by atoms with Crippen molar-refractivity contribution in [1.29, 1.82) is 0 Å². The second-order valence-corrected chi connectivity index (χ2v) is 3.56. The third kappa shape index (κ3) is 5.83. The normalized spacial score (nSPS) is 9.40. The zero-order valence-corrected chi connectivity index (χ0v) is 9.59. The van der Waals surface area contributed by atoms with E-state index in [1.165, 1.54) is 5.56 Å². The molecule has 0 aromatic carbocycles. The molecule has 0 unspecified atom stereocenters. The van der Waals surface area contributed by atoms with Gasteiger partial charge in [-0.1, -0.05) is 13.8 Å². The molecule has 0 fully saturated rings. The summed E-state index contributed by atoms with van der Waals surface area (Å²) in [5.74, 6) is 2.02. The zero-order valence-electron chi connectivity index (χ0n) is 9.59. The number of rotatable bonds is 3. The fourth-order valence-corrected chi connectivity index (χ4v) is 1.17. The summed E-state index contributed by atoms with van der Waals surface area (Å²) < 4.78 is 5.41. The minimum Gasteiger partial charge on any atom is -0.466 e. The number of furan rings is 1. The summed E-state index contributed by atoms with van der Waals surface area (Å²) >= 11 is 0. The van der Waals surface area contributed by atoms with Crippen molar-refractivity contribution in [3.63, 3.8) is 0 Å². The van der Waals surface area contributed by atoms with Crippen molar-refractivity contribution in [3.05, 3.63) is 23.2 Å². The van der Waals surface area contributed by atoms with Gasteiger partial charge in [0.25, 0.3) is 0 Å². The van der Waals surface area contributed by atoms with Gasteiger partial charge in [0.1, 0.15) is 11.5 Å². The summed E-state index contributed by atoms with van der Waals surface area (Å²) in [6, 6.07) is 2.62. The van der Waals surface area contributed by atoms with Crippen LogP contribution in [0, 0.1) is 13.8 Å². The van der Waals surface area contributed by atoms with E-state index in [-0.39, 0.29) is 6.15 Å². The SMILES string of the molecule is Cc1cc(CNC(C)C)c(C)o1.O=C=O. The monoisotopic (exact) mass is 211 g/mol. The Labute approximate surface area is 89.7 Å². The first-order valence-corrected chi connectivity index (χ1v) is 4.79. The zero-order chi connectivity index (χ0) is 11.8. The number of hydrogen-bond acceptors (Lipinski definition) is 4. The van der Waals surface area contributed by atoms with E-state index < -0.39 is 0 Å². The Morgan fingerprint density at radius 3 is 2.27 bits per heavy atom. The van der Waals surface area contributed by atoms with Crippen LogP contribution in [-0.4, -0.2) is 12.2 Å². The van der Waals surface area contributed by atoms with Crippen LogP contribution in [-0.2, 0) is 16.1 Å². The van der Waals surface area contributed by atoms with Crippen LogP contribution in [0.5, 0.6) is 0 Å². The molecule has 0 aliphatic heterocycles. The summed E-state index contributed by atoms with van der Waals surface area (Å²) in [6.07, 6.45) is 0.250. The molecule has 0 aliphatic carbocycles. The number of carbonyl (C=O) groups excluding carboxylic acids is 2. The molecular formula is C11H17NO3. The van der Waals surface area contributed by atoms with Crippen LogP contribution >= 0.6 is 0 Å². The molecule has 1 aromatic rings. The summed E-state index contributed by atoms with van der Waals surface area (Å²) in [6.45, 7) is 9.17. The van der Waals surface area contributed by atoms with E-state index >= 15 is 0 Å². The standard InChI is InChI=1S/C10H17NO.CO2/c1-7(2)11-6-10-5-8(3)12-9(10)4;2-1-3/h5,7,11H,6H2,1-4H3;. The van der Waals surface area contributed by atoms with Gasteiger partial charge in [-0.3, -0.25) is 0 Å². The predicted octanol–water partition coefficient (Wildman–Crippen LogP) is 1.81. The van der Waals surface area contributed by atoms with Crippen molar-refractivity contribution < 1.29 is 14.0 Å². The smallest absolute Gasteiger partial charge is 0.373 e. The maximum absolute atomic E-state index is 8.12. The number of aryl methyl sites for hydroxylation is 2. The topological polar surface area (TPSA) is 59.3 Å². The van der Waals surface area contributed by atoms with Crippen molar-refractivity contribution >= 4 is 6.15 Å². The van der Waals surface area contributed by atoms with E-state index in [0.29, 0.717) is 6.04 Å². The molecule has 1 aromatic heterocycles. The molecule has 84 valence electrons. The van der Waals surface area contributed by atoms with Crippen molar-refractivity contribution in [2.75, 3.05) is 0 Å². The summed E-state index contributed by atoms with van der Waals surface area (Å²) in [7, 11) is 0. The molecule has 15 heavy (non-hydrogen) atoms. The molecule has 0 spiro atoms. The van der Waals surface area contributed by atoms with Crippen LogP contribution in [0.1, 0.15) is 30.9 Å². The lowest BCUT2D eigenvalue weighted by atomic mass is 10.2. The van der Waals surface area contributed by atoms with Crippen molar-refractivity contribution in [2.24, 2.45) is 0 Å². The van der Waals surface area contributed by atoms with Gasteiger partial charge in [-0.25, -0.2) is 0 Å². The molecule has 4 nitrogen and oxygen atoms in total. The largest absolute Gasteiger partial charge is 0.466 e. The Bertz CT molecular complexity index is 323. The van der Waals surface area contributed by atoms with Crippen LogP contribution in [0.25, 0.3) is 0 Å². The highest BCUT2D eigenvalue weighted by atomic mass is 16.3. The van der Waals surface area contributed by atoms with Gasteiger partial charge in [-0.2, -0.15) is 9.59 Å². The van der Waals surface area contributed by atoms with Crippen LogP contribution in [0.2, 0.25) is 0 Å². The molecule has 0 saturated carbocycles. The quantitative estimate of drug-likeness (QED) is 0.828. The molecule has 4 heteroatoms. The number of nitrogens with one attached hydrogen (secondary N) is 1. The van der Waals surface area contributed by atoms with Gasteiger partial charge in [0.15, 0.2) is 0 Å². The maximum Gasteiger partial charge on any atom is 0.373 e. The van der Waals surface area contributed by atoms with E-state index in [0.717, 1.165) is 18.1 Å². The van der Waals surface area contributed by atoms with E-state index in [1.54, 1.807) is 0 Å². The minimum atomic E-state index is 0.250. The summed E-state index contributed by atoms with van der Waals surface area (Å²) in [5, 5.41) is 3.36. The third-order valence-corrected chi connectivity index (χ3v) is 1.84. The molecule has 0 radical (unpaired) electrons. The molecule has 1 heterocycles. The van der Waals surface area contributed by atoms with Gasteiger partial charge in [0.2, 0.25) is 0 Å². The first-order chi connectivity index (χ1) is 7.01. The van der Waals surface area contributed by atoms with Crippen LogP contribution in [0.15, 0.2) is 10.5 Å². The molecule has 1 rings (SSSR count). The second-order valence-electron chi connectivity index (χ2n) is 3.56. The van der Waals surface area contributed by atoms with E-state index in [2.05, 4.69) is 25.2 Å². The lowest BCUT2D eigenvalue weighted by Gasteiger charge is -2.05. The van der Waals surface area contributed by atoms with Gasteiger partial charge >= 0.3 is 6.15 Å². The van der Waals surface area contributed by atoms with Crippen molar-refractivity contribution in [2.45, 2.75) is 40.3 Å². The molecule has 0 amide bonds. The van der Waals surface area contributed by atoms with Gasteiger partial charge in [0.05, 0.1) is 0 Å². The highest BCUT2D eigenvalue weighted by molar-refractivity contribution is 5.20. The van der Waals surface area contributed by atoms with E-state index in [4.69, 9.17) is 14.0 Å². The Morgan fingerprint density at radius 1 is 1.40 bits per heavy atom. The first kappa shape index (κ1) is 13.6. The number of hydrogen-bond donors (Lipinski definition) is 1. The molecule has 0 bridgehead atoms. The molecule has 1 N–H and O–H groups in total. The molecule has 0 atom stereocenters. The van der Waals surface area contributed by atoms with Gasteiger partial charge in [-0.15, -0.1) is 0 Å². The fourth-order valence-electron chi connectivity index (χ4n) is 1.17. The maximum atomic E-state index is 8.12. The van der Waals surface area contributed by atoms with Crippen LogP contribution in [0.4, 0.5) is 0 Å². The van der Waals surface area contributed by atoms with Gasteiger partial charge < -0.3 is 9.73 Å². The highest BCUT2D eigenvalue weighted by Crippen LogP contribution is 2.13. The highest BCUT2D eigenvalue weighted by Gasteiger charge is 2.03. The molecule has 0 saturated heterocycles. The second kappa shape index (κ2) is 6.98. The van der Waals surface area contributed by atoms with Crippen molar-refractivity contribution in [3.8, 4) is 0 Å². The van der Waals surface area contributed by atoms with Crippen LogP contribution < -0.4 is 5.32 Å². The Morgan fingerprint density at radius 2 is 1.93 bits per heavy atom. The minimum absolute atomic E-state index is 0.250. The lowest BCUT2D eigenvalue weighted by molar-refractivity contribution is -0.191. The van der Waals surface area contributed by atoms with Crippen LogP contribution in [0.3, 0.4) is 0 Å². The Kier molecular flexibility index (Phi) is 6.34. The fraction of sp³-hybridized carbons (Fsp3) is 0.545. The molecular weight excluding hydrogens is 194 g/mol. The average molecular weight is 211 g/mol. The summed E-state index contributed by atoms with van der Waals surface area (Å²) in [4.78, 5) is 16.2.